The van der Waals surface area contributed by atoms with Gasteiger partial charge in [-0.1, -0.05) is 278 Å². The molecular formula is C70H118O6. The molecule has 0 spiro atoms. The first-order chi connectivity index (χ1) is 37.5. The van der Waals surface area contributed by atoms with Crippen LogP contribution >= 0.6 is 0 Å². The molecule has 0 fully saturated rings. The third-order valence-electron chi connectivity index (χ3n) is 13.5. The summed E-state index contributed by atoms with van der Waals surface area (Å²) in [7, 11) is 0. The molecule has 76 heavy (non-hydrogen) atoms. The fourth-order valence-electron chi connectivity index (χ4n) is 8.75. The monoisotopic (exact) mass is 1050 g/mol. The Bertz CT molecular complexity index is 1540. The molecule has 1 unspecified atom stereocenters. The SMILES string of the molecule is CC/C=C\C/C=C\C/C=C\C/C=C\C/C=C\C/C=C\C/C=C\C/C=C\CCCCCCC(=O)OCC(COC(=O)CCCCCCC/C=C\CCCCC)OC(=O)CCCCCCCCCCCCCCCCCCC. The number of hydrogen-bond acceptors (Lipinski definition) is 6. The minimum Gasteiger partial charge on any atom is -0.462 e. The highest BCUT2D eigenvalue weighted by atomic mass is 16.6. The van der Waals surface area contributed by atoms with Gasteiger partial charge in [-0.25, -0.2) is 0 Å². The lowest BCUT2D eigenvalue weighted by atomic mass is 10.0. The summed E-state index contributed by atoms with van der Waals surface area (Å²) in [5, 5.41) is 0. The fraction of sp³-hybridized carbons (Fsp3) is 0.700. The Hall–Kier alpha value is -3.93. The van der Waals surface area contributed by atoms with Crippen molar-refractivity contribution in [1.82, 2.24) is 0 Å². The molecule has 0 heterocycles. The van der Waals surface area contributed by atoms with Crippen LogP contribution in [0, 0.1) is 0 Å². The van der Waals surface area contributed by atoms with Crippen LogP contribution in [0.3, 0.4) is 0 Å². The Morgan fingerprint density at radius 1 is 0.276 bits per heavy atom. The third kappa shape index (κ3) is 60.9. The Morgan fingerprint density at radius 2 is 0.513 bits per heavy atom. The maximum atomic E-state index is 12.9. The van der Waals surface area contributed by atoms with E-state index in [2.05, 4.69) is 130 Å². The lowest BCUT2D eigenvalue weighted by Crippen LogP contribution is -2.30. The van der Waals surface area contributed by atoms with E-state index in [1.807, 2.05) is 0 Å². The van der Waals surface area contributed by atoms with Crippen molar-refractivity contribution < 1.29 is 28.6 Å². The minimum atomic E-state index is -0.792. The number of allylic oxidation sites excluding steroid dienone is 18. The highest BCUT2D eigenvalue weighted by Gasteiger charge is 2.19. The Balaban J connectivity index is 4.35. The van der Waals surface area contributed by atoms with Crippen molar-refractivity contribution in [3.05, 3.63) is 109 Å². The molecule has 0 aliphatic carbocycles. The van der Waals surface area contributed by atoms with Gasteiger partial charge in [0, 0.05) is 19.3 Å². The first-order valence-corrected chi connectivity index (χ1v) is 31.9. The van der Waals surface area contributed by atoms with Gasteiger partial charge < -0.3 is 14.2 Å². The van der Waals surface area contributed by atoms with E-state index in [-0.39, 0.29) is 31.1 Å². The fourth-order valence-corrected chi connectivity index (χ4v) is 8.75. The highest BCUT2D eigenvalue weighted by Crippen LogP contribution is 2.16. The quantitative estimate of drug-likeness (QED) is 0.0261. The summed E-state index contributed by atoms with van der Waals surface area (Å²) in [6.07, 6.45) is 86.6. The number of rotatable bonds is 57. The van der Waals surface area contributed by atoms with Crippen molar-refractivity contribution in [3.8, 4) is 0 Å². The average Bonchev–Trinajstić information content (AvgIpc) is 3.42. The van der Waals surface area contributed by atoms with Crippen molar-refractivity contribution in [2.45, 2.75) is 303 Å². The molecule has 0 radical (unpaired) electrons. The molecule has 0 rings (SSSR count). The van der Waals surface area contributed by atoms with Crippen LogP contribution in [-0.4, -0.2) is 37.2 Å². The van der Waals surface area contributed by atoms with Gasteiger partial charge in [-0.15, -0.1) is 0 Å². The third-order valence-corrected chi connectivity index (χ3v) is 13.5. The molecule has 6 heteroatoms. The van der Waals surface area contributed by atoms with Gasteiger partial charge in [-0.3, -0.25) is 14.4 Å². The second kappa shape index (κ2) is 63.6. The second-order valence-electron chi connectivity index (χ2n) is 20.9. The Kier molecular flexibility index (Phi) is 60.3. The van der Waals surface area contributed by atoms with E-state index >= 15 is 0 Å². The summed E-state index contributed by atoms with van der Waals surface area (Å²) in [4.78, 5) is 38.2. The van der Waals surface area contributed by atoms with Crippen LogP contribution in [0.1, 0.15) is 297 Å². The van der Waals surface area contributed by atoms with E-state index in [1.165, 1.54) is 128 Å². The van der Waals surface area contributed by atoms with Crippen molar-refractivity contribution in [2.75, 3.05) is 13.2 Å². The number of esters is 3. The summed E-state index contributed by atoms with van der Waals surface area (Å²) < 4.78 is 16.9. The van der Waals surface area contributed by atoms with Crippen LogP contribution in [0.25, 0.3) is 0 Å². The molecule has 0 N–H and O–H groups in total. The molecule has 0 aromatic heterocycles. The molecule has 0 saturated heterocycles. The van der Waals surface area contributed by atoms with Gasteiger partial charge in [0.15, 0.2) is 6.10 Å². The standard InChI is InChI=1S/C70H118O6/c1-4-7-10-13-16-19-22-25-27-29-30-31-32-33-34-35-36-37-38-39-40-42-43-45-48-51-54-57-60-63-69(72)75-66-67(65-74-68(71)62-59-56-53-50-47-24-21-18-15-12-9-6-3)76-70(73)64-61-58-55-52-49-46-44-41-28-26-23-20-17-14-11-8-5-2/h7,10,16,18-19,21,25,27,30-31,33-34,36-37,39-40,43,45,67H,4-6,8-9,11-15,17,20,22-24,26,28-29,32,35,38,41-42,44,46-66H2,1-3H3/b10-7-,19-16-,21-18-,27-25-,31-30-,34-33-,37-36-,40-39-,45-43-. The minimum absolute atomic E-state index is 0.0890. The van der Waals surface area contributed by atoms with Crippen LogP contribution in [0.2, 0.25) is 0 Å². The molecule has 0 aromatic rings. The van der Waals surface area contributed by atoms with Gasteiger partial charge in [-0.05, 0) is 109 Å². The Morgan fingerprint density at radius 3 is 0.842 bits per heavy atom. The summed E-state index contributed by atoms with van der Waals surface area (Å²) in [5.74, 6) is -0.915. The van der Waals surface area contributed by atoms with Crippen LogP contribution in [0.15, 0.2) is 109 Å². The molecule has 0 amide bonds. The normalized spacial score (nSPS) is 12.8. The average molecular weight is 1060 g/mol. The second-order valence-corrected chi connectivity index (χ2v) is 20.9. The zero-order chi connectivity index (χ0) is 55.0. The molecule has 0 bridgehead atoms. The summed E-state index contributed by atoms with van der Waals surface area (Å²) in [6.45, 7) is 6.50. The predicted octanol–water partition coefficient (Wildman–Crippen LogP) is 21.8. The molecule has 6 nitrogen and oxygen atoms in total. The molecular weight excluding hydrogens is 937 g/mol. The van der Waals surface area contributed by atoms with Crippen LogP contribution < -0.4 is 0 Å². The first kappa shape index (κ1) is 72.1. The van der Waals surface area contributed by atoms with Gasteiger partial charge >= 0.3 is 17.9 Å². The number of carbonyl (C=O) groups excluding carboxylic acids is 3. The number of carbonyl (C=O) groups is 3. The summed E-state index contributed by atoms with van der Waals surface area (Å²) in [6, 6.07) is 0. The van der Waals surface area contributed by atoms with Gasteiger partial charge in [0.2, 0.25) is 0 Å². The van der Waals surface area contributed by atoms with Crippen molar-refractivity contribution in [1.29, 1.82) is 0 Å². The topological polar surface area (TPSA) is 78.9 Å². The first-order valence-electron chi connectivity index (χ1n) is 31.9. The van der Waals surface area contributed by atoms with E-state index in [4.69, 9.17) is 14.2 Å². The lowest BCUT2D eigenvalue weighted by molar-refractivity contribution is -0.167. The van der Waals surface area contributed by atoms with E-state index in [0.717, 1.165) is 128 Å². The summed E-state index contributed by atoms with van der Waals surface area (Å²) >= 11 is 0. The van der Waals surface area contributed by atoms with Crippen LogP contribution in [0.4, 0.5) is 0 Å². The number of ether oxygens (including phenoxy) is 3. The smallest absolute Gasteiger partial charge is 0.306 e. The maximum Gasteiger partial charge on any atom is 0.306 e. The van der Waals surface area contributed by atoms with Gasteiger partial charge in [-0.2, -0.15) is 0 Å². The highest BCUT2D eigenvalue weighted by molar-refractivity contribution is 5.71. The predicted molar refractivity (Wildman–Crippen MR) is 330 cm³/mol. The van der Waals surface area contributed by atoms with E-state index in [1.54, 1.807) is 0 Å². The molecule has 0 aliphatic heterocycles. The molecule has 0 aromatic carbocycles. The summed E-state index contributed by atoms with van der Waals surface area (Å²) in [5.41, 5.74) is 0. The van der Waals surface area contributed by atoms with Gasteiger partial charge in [0.25, 0.3) is 0 Å². The number of unbranched alkanes of at least 4 members (excludes halogenated alkanes) is 28. The molecule has 0 aliphatic rings. The molecule has 434 valence electrons. The van der Waals surface area contributed by atoms with Crippen molar-refractivity contribution in [2.24, 2.45) is 0 Å². The number of hydrogen-bond donors (Lipinski definition) is 0. The maximum absolute atomic E-state index is 12.9. The van der Waals surface area contributed by atoms with Gasteiger partial charge in [0.1, 0.15) is 13.2 Å². The van der Waals surface area contributed by atoms with Gasteiger partial charge in [0.05, 0.1) is 0 Å². The van der Waals surface area contributed by atoms with Crippen molar-refractivity contribution >= 4 is 17.9 Å². The molecule has 0 saturated carbocycles. The van der Waals surface area contributed by atoms with Crippen molar-refractivity contribution in [3.63, 3.8) is 0 Å². The van der Waals surface area contributed by atoms with E-state index in [9.17, 15) is 14.4 Å². The van der Waals surface area contributed by atoms with Crippen LogP contribution in [0.5, 0.6) is 0 Å². The Labute approximate surface area is 470 Å². The largest absolute Gasteiger partial charge is 0.462 e. The van der Waals surface area contributed by atoms with E-state index < -0.39 is 6.10 Å². The zero-order valence-corrected chi connectivity index (χ0v) is 49.7. The van der Waals surface area contributed by atoms with E-state index in [0.29, 0.717) is 19.3 Å². The lowest BCUT2D eigenvalue weighted by Gasteiger charge is -2.18. The van der Waals surface area contributed by atoms with Crippen LogP contribution in [-0.2, 0) is 28.6 Å². The zero-order valence-electron chi connectivity index (χ0n) is 49.7. The molecule has 1 atom stereocenters.